The molecule has 1 fully saturated rings. The van der Waals surface area contributed by atoms with Crippen LogP contribution in [0.3, 0.4) is 0 Å². The lowest BCUT2D eigenvalue weighted by atomic mass is 9.98. The molecule has 0 saturated heterocycles. The van der Waals surface area contributed by atoms with Crippen LogP contribution in [0.15, 0.2) is 30.3 Å². The highest BCUT2D eigenvalue weighted by Crippen LogP contribution is 2.27. The van der Waals surface area contributed by atoms with Gasteiger partial charge in [0.05, 0.1) is 12.7 Å². The van der Waals surface area contributed by atoms with E-state index in [1.54, 1.807) is 0 Å². The molecule has 2 atom stereocenters. The largest absolute Gasteiger partial charge is 0.491 e. The highest BCUT2D eigenvalue weighted by Gasteiger charge is 2.22. The molecule has 0 amide bonds. The summed E-state index contributed by atoms with van der Waals surface area (Å²) < 4.78 is 12.2. The Bertz CT molecular complexity index is 315. The normalized spacial score (nSPS) is 24.5. The quantitative estimate of drug-likeness (QED) is 0.458. The van der Waals surface area contributed by atoms with Gasteiger partial charge in [-0.3, -0.25) is 0 Å². The molecule has 17 heavy (non-hydrogen) atoms. The number of halogens is 1. The van der Waals surface area contributed by atoms with Gasteiger partial charge in [0.25, 0.3) is 0 Å². The van der Waals surface area contributed by atoms with Gasteiger partial charge in [-0.25, -0.2) is 0 Å². The van der Waals surface area contributed by atoms with E-state index in [1.165, 1.54) is 25.7 Å². The van der Waals surface area contributed by atoms with Gasteiger partial charge in [0, 0.05) is 3.92 Å². The Hall–Kier alpha value is -0.290. The third-order valence-corrected chi connectivity index (χ3v) is 4.47. The maximum atomic E-state index is 5.88. The third-order valence-electron chi connectivity index (χ3n) is 3.05. The number of para-hydroxylation sites is 1. The van der Waals surface area contributed by atoms with Gasteiger partial charge in [0.2, 0.25) is 0 Å². The Balaban J connectivity index is 1.63. The van der Waals surface area contributed by atoms with Crippen LogP contribution in [-0.4, -0.2) is 23.2 Å². The van der Waals surface area contributed by atoms with E-state index in [1.807, 2.05) is 30.3 Å². The molecule has 0 N–H and O–H groups in total. The van der Waals surface area contributed by atoms with Crippen LogP contribution in [0.4, 0.5) is 0 Å². The molecule has 1 aliphatic carbocycles. The van der Waals surface area contributed by atoms with E-state index >= 15 is 0 Å². The molecule has 1 aromatic rings. The Morgan fingerprint density at radius 3 is 2.59 bits per heavy atom. The summed E-state index contributed by atoms with van der Waals surface area (Å²) in [6, 6.07) is 9.91. The first-order chi connectivity index (χ1) is 8.36. The lowest BCUT2D eigenvalue weighted by Crippen LogP contribution is -2.29. The van der Waals surface area contributed by atoms with Crippen molar-refractivity contribution in [3.8, 4) is 5.75 Å². The summed E-state index contributed by atoms with van der Waals surface area (Å²) in [5, 5.41) is 0. The zero-order valence-corrected chi connectivity index (χ0v) is 12.1. The van der Waals surface area contributed by atoms with Gasteiger partial charge in [0.1, 0.15) is 12.4 Å². The van der Waals surface area contributed by atoms with Crippen LogP contribution in [0.25, 0.3) is 0 Å². The first-order valence-electron chi connectivity index (χ1n) is 6.30. The van der Waals surface area contributed by atoms with Crippen LogP contribution in [-0.2, 0) is 4.74 Å². The van der Waals surface area contributed by atoms with Crippen molar-refractivity contribution in [1.29, 1.82) is 0 Å². The number of hydrogen-bond donors (Lipinski definition) is 0. The van der Waals surface area contributed by atoms with E-state index in [-0.39, 0.29) is 0 Å². The highest BCUT2D eigenvalue weighted by atomic mass is 127. The van der Waals surface area contributed by atoms with Crippen LogP contribution in [0.2, 0.25) is 0 Å². The average Bonchev–Trinajstić information content (AvgIpc) is 2.38. The van der Waals surface area contributed by atoms with Crippen molar-refractivity contribution in [2.75, 3.05) is 13.2 Å². The average molecular weight is 346 g/mol. The van der Waals surface area contributed by atoms with Gasteiger partial charge in [-0.05, 0) is 25.0 Å². The zero-order chi connectivity index (χ0) is 11.9. The van der Waals surface area contributed by atoms with Crippen molar-refractivity contribution in [2.45, 2.75) is 35.7 Å². The van der Waals surface area contributed by atoms with Gasteiger partial charge in [-0.1, -0.05) is 53.6 Å². The molecule has 0 bridgehead atoms. The number of alkyl halides is 1. The minimum absolute atomic E-state index is 0.434. The Morgan fingerprint density at radius 1 is 1.06 bits per heavy atom. The molecule has 0 aliphatic heterocycles. The first kappa shape index (κ1) is 13.1. The molecule has 2 unspecified atom stereocenters. The number of benzene rings is 1. The number of rotatable bonds is 5. The predicted octanol–water partition coefficient (Wildman–Crippen LogP) is 3.83. The summed E-state index contributed by atoms with van der Waals surface area (Å²) >= 11 is 2.52. The van der Waals surface area contributed by atoms with E-state index in [4.69, 9.17) is 9.47 Å². The van der Waals surface area contributed by atoms with Gasteiger partial charge in [-0.2, -0.15) is 0 Å². The van der Waals surface area contributed by atoms with Crippen LogP contribution in [0.5, 0.6) is 5.75 Å². The maximum absolute atomic E-state index is 5.88. The van der Waals surface area contributed by atoms with Crippen LogP contribution < -0.4 is 4.74 Å². The SMILES string of the molecule is IC1CCCCC1OCCOc1ccccc1. The second-order valence-corrected chi connectivity index (χ2v) is 5.97. The zero-order valence-electron chi connectivity index (χ0n) is 9.98. The van der Waals surface area contributed by atoms with E-state index < -0.39 is 0 Å². The minimum atomic E-state index is 0.434. The lowest BCUT2D eigenvalue weighted by molar-refractivity contribution is 0.0198. The highest BCUT2D eigenvalue weighted by molar-refractivity contribution is 14.1. The van der Waals surface area contributed by atoms with E-state index in [0.717, 1.165) is 5.75 Å². The molecular formula is C14H19IO2. The monoisotopic (exact) mass is 346 g/mol. The van der Waals surface area contributed by atoms with Gasteiger partial charge in [0.15, 0.2) is 0 Å². The van der Waals surface area contributed by atoms with Gasteiger partial charge < -0.3 is 9.47 Å². The molecule has 0 spiro atoms. The molecule has 2 rings (SSSR count). The molecular weight excluding hydrogens is 327 g/mol. The smallest absolute Gasteiger partial charge is 0.119 e. The second-order valence-electron chi connectivity index (χ2n) is 4.37. The fourth-order valence-electron chi connectivity index (χ4n) is 2.12. The third kappa shape index (κ3) is 4.47. The van der Waals surface area contributed by atoms with Crippen LogP contribution in [0.1, 0.15) is 25.7 Å². The summed E-state index contributed by atoms with van der Waals surface area (Å²) in [5.74, 6) is 0.922. The van der Waals surface area contributed by atoms with Crippen molar-refractivity contribution in [3.63, 3.8) is 0 Å². The molecule has 0 heterocycles. The molecule has 0 aromatic heterocycles. The van der Waals surface area contributed by atoms with Crippen molar-refractivity contribution in [1.82, 2.24) is 0 Å². The molecule has 94 valence electrons. The fraction of sp³-hybridized carbons (Fsp3) is 0.571. The lowest BCUT2D eigenvalue weighted by Gasteiger charge is -2.27. The van der Waals surface area contributed by atoms with Gasteiger partial charge >= 0.3 is 0 Å². The van der Waals surface area contributed by atoms with E-state index in [9.17, 15) is 0 Å². The number of ether oxygens (including phenoxy) is 2. The fourth-order valence-corrected chi connectivity index (χ4v) is 3.12. The Morgan fingerprint density at radius 2 is 1.82 bits per heavy atom. The molecule has 1 aliphatic rings. The first-order valence-corrected chi connectivity index (χ1v) is 7.54. The van der Waals surface area contributed by atoms with Crippen molar-refractivity contribution < 1.29 is 9.47 Å². The van der Waals surface area contributed by atoms with Crippen molar-refractivity contribution in [2.24, 2.45) is 0 Å². The van der Waals surface area contributed by atoms with Crippen LogP contribution >= 0.6 is 22.6 Å². The number of hydrogen-bond acceptors (Lipinski definition) is 2. The van der Waals surface area contributed by atoms with E-state index in [0.29, 0.717) is 23.2 Å². The molecule has 3 heteroatoms. The minimum Gasteiger partial charge on any atom is -0.491 e. The molecule has 1 aromatic carbocycles. The van der Waals surface area contributed by atoms with Crippen LogP contribution in [0, 0.1) is 0 Å². The molecule has 0 radical (unpaired) electrons. The molecule has 2 nitrogen and oxygen atoms in total. The summed E-state index contributed by atoms with van der Waals surface area (Å²) in [6.07, 6.45) is 5.60. The summed E-state index contributed by atoms with van der Waals surface area (Å²) in [6.45, 7) is 1.34. The van der Waals surface area contributed by atoms with Gasteiger partial charge in [-0.15, -0.1) is 0 Å². The Kier molecular flexibility index (Phi) is 5.58. The molecule has 1 saturated carbocycles. The summed E-state index contributed by atoms with van der Waals surface area (Å²) in [5.41, 5.74) is 0. The van der Waals surface area contributed by atoms with E-state index in [2.05, 4.69) is 22.6 Å². The Labute approximate surface area is 117 Å². The summed E-state index contributed by atoms with van der Waals surface area (Å²) in [4.78, 5) is 0. The standard InChI is InChI=1S/C14H19IO2/c15-13-8-4-5-9-14(13)17-11-10-16-12-6-2-1-3-7-12/h1-3,6-7,13-14H,4-5,8-11H2. The topological polar surface area (TPSA) is 18.5 Å². The van der Waals surface area contributed by atoms with Crippen molar-refractivity contribution in [3.05, 3.63) is 30.3 Å². The summed E-state index contributed by atoms with van der Waals surface area (Å²) in [7, 11) is 0. The maximum Gasteiger partial charge on any atom is 0.119 e. The predicted molar refractivity (Wildman–Crippen MR) is 78.0 cm³/mol. The second kappa shape index (κ2) is 7.21. The van der Waals surface area contributed by atoms with Crippen molar-refractivity contribution >= 4 is 22.6 Å².